The maximum absolute atomic E-state index is 10.9. The normalized spacial score (nSPS) is 16.9. The summed E-state index contributed by atoms with van der Waals surface area (Å²) in [5.74, 6) is -0.869. The van der Waals surface area contributed by atoms with Gasteiger partial charge >= 0.3 is 5.97 Å². The van der Waals surface area contributed by atoms with Gasteiger partial charge in [-0.3, -0.25) is 0 Å². The number of rotatable bonds is 2. The van der Waals surface area contributed by atoms with E-state index in [1.807, 2.05) is 6.07 Å². The maximum atomic E-state index is 10.9. The van der Waals surface area contributed by atoms with Crippen LogP contribution in [0.4, 0.5) is 0 Å². The molecule has 2 rings (SSSR count). The maximum Gasteiger partial charge on any atom is 0.335 e. The Morgan fingerprint density at radius 3 is 2.94 bits per heavy atom. The van der Waals surface area contributed by atoms with E-state index in [9.17, 15) is 4.79 Å². The van der Waals surface area contributed by atoms with Gasteiger partial charge in [-0.15, -0.1) is 0 Å². The molecule has 0 unspecified atom stereocenters. The first-order valence-corrected chi connectivity index (χ1v) is 5.38. The highest BCUT2D eigenvalue weighted by molar-refractivity contribution is 5.89. The van der Waals surface area contributed by atoms with Crippen molar-refractivity contribution in [3.8, 4) is 0 Å². The van der Waals surface area contributed by atoms with Crippen molar-refractivity contribution < 1.29 is 9.90 Å². The zero-order chi connectivity index (χ0) is 11.5. The van der Waals surface area contributed by atoms with E-state index >= 15 is 0 Å². The van der Waals surface area contributed by atoms with E-state index in [2.05, 4.69) is 18.0 Å². The monoisotopic (exact) mass is 217 g/mol. The molecule has 1 aliphatic rings. The molecule has 0 atom stereocenters. The fraction of sp³-hybridized carbons (Fsp3) is 0.308. The summed E-state index contributed by atoms with van der Waals surface area (Å²) in [6, 6.07) is 7.14. The van der Waals surface area contributed by atoms with Crippen LogP contribution in [0.15, 0.2) is 30.3 Å². The number of carbonyl (C=O) groups is 1. The van der Waals surface area contributed by atoms with Gasteiger partial charge in [0.15, 0.2) is 0 Å². The summed E-state index contributed by atoms with van der Waals surface area (Å²) >= 11 is 0. The number of carboxylic acid groups (broad SMARTS) is 1. The van der Waals surface area contributed by atoms with Crippen LogP contribution in [0.5, 0.6) is 0 Å². The smallest absolute Gasteiger partial charge is 0.335 e. The largest absolute Gasteiger partial charge is 0.478 e. The predicted octanol–water partition coefficient (Wildman–Crippen LogP) is 2.10. The Kier molecular flexibility index (Phi) is 3.06. The summed E-state index contributed by atoms with van der Waals surface area (Å²) in [6.07, 6.45) is 3.23. The minimum Gasteiger partial charge on any atom is -0.478 e. The van der Waals surface area contributed by atoms with Crippen molar-refractivity contribution in [2.45, 2.75) is 6.42 Å². The lowest BCUT2D eigenvalue weighted by atomic mass is 9.99. The Bertz CT molecular complexity index is 437. The molecule has 0 fully saturated rings. The van der Waals surface area contributed by atoms with Crippen molar-refractivity contribution in [1.82, 2.24) is 4.90 Å². The number of aromatic carboxylic acids is 1. The fourth-order valence-electron chi connectivity index (χ4n) is 1.95. The first kappa shape index (κ1) is 10.9. The van der Waals surface area contributed by atoms with E-state index in [0.29, 0.717) is 5.56 Å². The highest BCUT2D eigenvalue weighted by Gasteiger charge is 2.11. The Hall–Kier alpha value is -1.61. The molecule has 3 nitrogen and oxygen atoms in total. The summed E-state index contributed by atoms with van der Waals surface area (Å²) in [4.78, 5) is 13.1. The van der Waals surface area contributed by atoms with E-state index in [0.717, 1.165) is 25.1 Å². The zero-order valence-corrected chi connectivity index (χ0v) is 9.31. The molecule has 0 saturated heterocycles. The third-order valence-corrected chi connectivity index (χ3v) is 2.82. The first-order chi connectivity index (χ1) is 7.66. The highest BCUT2D eigenvalue weighted by Crippen LogP contribution is 2.20. The summed E-state index contributed by atoms with van der Waals surface area (Å²) in [5.41, 5.74) is 2.59. The number of likely N-dealkylation sites (N-methyl/N-ethyl adjacent to an activating group) is 1. The van der Waals surface area contributed by atoms with Crippen molar-refractivity contribution >= 4 is 11.5 Å². The summed E-state index contributed by atoms with van der Waals surface area (Å²) < 4.78 is 0. The number of nitrogens with zero attached hydrogens (tertiary/aromatic N) is 1. The third-order valence-electron chi connectivity index (χ3n) is 2.82. The second-order valence-electron chi connectivity index (χ2n) is 4.14. The van der Waals surface area contributed by atoms with Crippen LogP contribution in [0.25, 0.3) is 5.57 Å². The molecule has 1 heterocycles. The lowest BCUT2D eigenvalue weighted by Crippen LogP contribution is -2.24. The van der Waals surface area contributed by atoms with Crippen LogP contribution in [0.1, 0.15) is 22.3 Å². The lowest BCUT2D eigenvalue weighted by molar-refractivity contribution is 0.0697. The molecule has 0 aromatic heterocycles. The Balaban J connectivity index is 2.30. The van der Waals surface area contributed by atoms with Gasteiger partial charge < -0.3 is 10.0 Å². The molecular formula is C13H15NO2. The number of hydrogen-bond donors (Lipinski definition) is 1. The van der Waals surface area contributed by atoms with E-state index in [-0.39, 0.29) is 0 Å². The zero-order valence-electron chi connectivity index (χ0n) is 9.31. The molecule has 0 aliphatic carbocycles. The van der Waals surface area contributed by atoms with E-state index in [4.69, 9.17) is 5.11 Å². The average molecular weight is 217 g/mol. The molecule has 0 saturated carbocycles. The third kappa shape index (κ3) is 2.31. The summed E-state index contributed by atoms with van der Waals surface area (Å²) in [6.45, 7) is 1.96. The molecule has 0 amide bonds. The van der Waals surface area contributed by atoms with Gasteiger partial charge in [-0.05, 0) is 36.7 Å². The van der Waals surface area contributed by atoms with Crippen LogP contribution >= 0.6 is 0 Å². The SMILES string of the molecule is CN1CCC=C(c2cccc(C(=O)O)c2)C1. The number of carboxylic acids is 1. The summed E-state index contributed by atoms with van der Waals surface area (Å²) in [7, 11) is 2.08. The van der Waals surface area contributed by atoms with Crippen molar-refractivity contribution in [3.05, 3.63) is 41.5 Å². The van der Waals surface area contributed by atoms with Gasteiger partial charge in [-0.1, -0.05) is 18.2 Å². The van der Waals surface area contributed by atoms with Crippen molar-refractivity contribution in [2.24, 2.45) is 0 Å². The van der Waals surface area contributed by atoms with Gasteiger partial charge in [0.2, 0.25) is 0 Å². The topological polar surface area (TPSA) is 40.5 Å². The van der Waals surface area contributed by atoms with E-state index in [1.54, 1.807) is 18.2 Å². The highest BCUT2D eigenvalue weighted by atomic mass is 16.4. The second kappa shape index (κ2) is 4.49. The standard InChI is InChI=1S/C13H15NO2/c1-14-7-3-6-12(9-14)10-4-2-5-11(8-10)13(15)16/h2,4-6,8H,3,7,9H2,1H3,(H,15,16). The van der Waals surface area contributed by atoms with Crippen LogP contribution in [0.3, 0.4) is 0 Å². The van der Waals surface area contributed by atoms with Crippen LogP contribution in [-0.4, -0.2) is 36.1 Å². The predicted molar refractivity (Wildman–Crippen MR) is 63.5 cm³/mol. The average Bonchev–Trinajstić information content (AvgIpc) is 2.29. The van der Waals surface area contributed by atoms with Crippen molar-refractivity contribution in [1.29, 1.82) is 0 Å². The van der Waals surface area contributed by atoms with Gasteiger partial charge in [-0.2, -0.15) is 0 Å². The molecule has 1 aliphatic heterocycles. The molecule has 1 aromatic rings. The van der Waals surface area contributed by atoms with Crippen LogP contribution in [0.2, 0.25) is 0 Å². The van der Waals surface area contributed by atoms with Crippen LogP contribution in [-0.2, 0) is 0 Å². The molecule has 1 aromatic carbocycles. The minimum absolute atomic E-state index is 0.353. The van der Waals surface area contributed by atoms with Crippen molar-refractivity contribution in [3.63, 3.8) is 0 Å². The Morgan fingerprint density at radius 2 is 2.25 bits per heavy atom. The first-order valence-electron chi connectivity index (χ1n) is 5.38. The number of benzene rings is 1. The number of hydrogen-bond acceptors (Lipinski definition) is 2. The lowest BCUT2D eigenvalue weighted by Gasteiger charge is -2.23. The van der Waals surface area contributed by atoms with Gasteiger partial charge in [0.25, 0.3) is 0 Å². The molecule has 16 heavy (non-hydrogen) atoms. The molecule has 0 bridgehead atoms. The van der Waals surface area contributed by atoms with Gasteiger partial charge in [0, 0.05) is 13.1 Å². The Labute approximate surface area is 95.0 Å². The Morgan fingerprint density at radius 1 is 1.44 bits per heavy atom. The molecular weight excluding hydrogens is 202 g/mol. The van der Waals surface area contributed by atoms with Crippen molar-refractivity contribution in [2.75, 3.05) is 20.1 Å². The van der Waals surface area contributed by atoms with E-state index < -0.39 is 5.97 Å². The molecule has 3 heteroatoms. The van der Waals surface area contributed by atoms with Gasteiger partial charge in [0.05, 0.1) is 5.56 Å². The van der Waals surface area contributed by atoms with Gasteiger partial charge in [0.1, 0.15) is 0 Å². The van der Waals surface area contributed by atoms with E-state index in [1.165, 1.54) is 5.57 Å². The quantitative estimate of drug-likeness (QED) is 0.824. The molecule has 84 valence electrons. The minimum atomic E-state index is -0.869. The molecule has 0 radical (unpaired) electrons. The van der Waals surface area contributed by atoms with Gasteiger partial charge in [-0.25, -0.2) is 4.79 Å². The fourth-order valence-corrected chi connectivity index (χ4v) is 1.95. The molecule has 1 N–H and O–H groups in total. The molecule has 0 spiro atoms. The summed E-state index contributed by atoms with van der Waals surface area (Å²) in [5, 5.41) is 8.93. The second-order valence-corrected chi connectivity index (χ2v) is 4.14. The van der Waals surface area contributed by atoms with Crippen LogP contribution in [0, 0.1) is 0 Å². The van der Waals surface area contributed by atoms with Crippen LogP contribution < -0.4 is 0 Å².